The van der Waals surface area contributed by atoms with Gasteiger partial charge < -0.3 is 10.2 Å². The SMILES string of the molecule is CC(=O)O.CC(=O)O.ICc1ccccc1. The summed E-state index contributed by atoms with van der Waals surface area (Å²) in [6.07, 6.45) is 0. The highest BCUT2D eigenvalue weighted by atomic mass is 127. The molecule has 0 radical (unpaired) electrons. The van der Waals surface area contributed by atoms with Gasteiger partial charge in [0.1, 0.15) is 0 Å². The van der Waals surface area contributed by atoms with Crippen LogP contribution in [-0.4, -0.2) is 22.2 Å². The average Bonchev–Trinajstić information content (AvgIpc) is 2.17. The van der Waals surface area contributed by atoms with Gasteiger partial charge in [-0.2, -0.15) is 0 Å². The van der Waals surface area contributed by atoms with Crippen molar-refractivity contribution in [2.24, 2.45) is 0 Å². The minimum absolute atomic E-state index is 0.833. The molecule has 5 heteroatoms. The molecule has 0 saturated heterocycles. The molecule has 0 unspecified atom stereocenters. The molecule has 16 heavy (non-hydrogen) atoms. The first-order valence-corrected chi connectivity index (χ1v) is 5.91. The minimum atomic E-state index is -0.833. The molecule has 0 spiro atoms. The number of hydrogen-bond acceptors (Lipinski definition) is 2. The van der Waals surface area contributed by atoms with Gasteiger partial charge in [0.05, 0.1) is 0 Å². The van der Waals surface area contributed by atoms with E-state index in [4.69, 9.17) is 19.8 Å². The summed E-state index contributed by atoms with van der Waals surface area (Å²) in [5.41, 5.74) is 1.40. The highest BCUT2D eigenvalue weighted by Gasteiger charge is 1.81. The Bertz CT molecular complexity index is 278. The first kappa shape index (κ1) is 17.3. The summed E-state index contributed by atoms with van der Waals surface area (Å²) in [6, 6.07) is 10.4. The highest BCUT2D eigenvalue weighted by molar-refractivity contribution is 14.1. The second-order valence-electron chi connectivity index (χ2n) is 2.66. The second-order valence-corrected chi connectivity index (χ2v) is 3.42. The van der Waals surface area contributed by atoms with Crippen LogP contribution in [0, 0.1) is 0 Å². The lowest BCUT2D eigenvalue weighted by Crippen LogP contribution is -1.78. The molecule has 4 nitrogen and oxygen atoms in total. The molecular formula is C11H15IO4. The third kappa shape index (κ3) is 23.1. The maximum atomic E-state index is 9.00. The largest absolute Gasteiger partial charge is 0.481 e. The van der Waals surface area contributed by atoms with E-state index >= 15 is 0 Å². The number of rotatable bonds is 1. The molecule has 0 aliphatic carbocycles. The number of carboxylic acids is 2. The van der Waals surface area contributed by atoms with Crippen molar-refractivity contribution in [1.82, 2.24) is 0 Å². The molecule has 2 N–H and O–H groups in total. The lowest BCUT2D eigenvalue weighted by molar-refractivity contribution is -0.135. The Morgan fingerprint density at radius 3 is 1.56 bits per heavy atom. The summed E-state index contributed by atoms with van der Waals surface area (Å²) in [7, 11) is 0. The molecular weight excluding hydrogens is 323 g/mol. The van der Waals surface area contributed by atoms with Crippen molar-refractivity contribution in [3.63, 3.8) is 0 Å². The summed E-state index contributed by atoms with van der Waals surface area (Å²) in [5.74, 6) is -1.67. The molecule has 1 aromatic rings. The third-order valence-corrected chi connectivity index (χ3v) is 1.88. The van der Waals surface area contributed by atoms with E-state index in [-0.39, 0.29) is 0 Å². The molecule has 1 rings (SSSR count). The van der Waals surface area contributed by atoms with E-state index in [1.54, 1.807) is 0 Å². The lowest BCUT2D eigenvalue weighted by atomic mass is 10.2. The van der Waals surface area contributed by atoms with Gasteiger partial charge in [0.15, 0.2) is 0 Å². The molecule has 0 bridgehead atoms. The molecule has 1 aromatic carbocycles. The van der Waals surface area contributed by atoms with Crippen LogP contribution in [0.25, 0.3) is 0 Å². The van der Waals surface area contributed by atoms with Crippen LogP contribution in [0.5, 0.6) is 0 Å². The molecule has 90 valence electrons. The Morgan fingerprint density at radius 2 is 1.38 bits per heavy atom. The Hall–Kier alpha value is -1.11. The van der Waals surface area contributed by atoms with Gasteiger partial charge in [0, 0.05) is 18.3 Å². The van der Waals surface area contributed by atoms with E-state index in [2.05, 4.69) is 46.9 Å². The van der Waals surface area contributed by atoms with Gasteiger partial charge in [-0.3, -0.25) is 9.59 Å². The Balaban J connectivity index is 0. The third-order valence-electron chi connectivity index (χ3n) is 0.997. The summed E-state index contributed by atoms with van der Waals surface area (Å²) in [4.78, 5) is 18.0. The number of benzene rings is 1. The van der Waals surface area contributed by atoms with Crippen molar-refractivity contribution in [3.05, 3.63) is 35.9 Å². The average molecular weight is 338 g/mol. The fraction of sp³-hybridized carbons (Fsp3) is 0.273. The topological polar surface area (TPSA) is 74.6 Å². The number of hydrogen-bond donors (Lipinski definition) is 2. The Morgan fingerprint density at radius 1 is 1.06 bits per heavy atom. The molecule has 0 aliphatic rings. The van der Waals surface area contributed by atoms with Gasteiger partial charge in [0.25, 0.3) is 11.9 Å². The Kier molecular flexibility index (Phi) is 12.9. The summed E-state index contributed by atoms with van der Waals surface area (Å²) in [5, 5.41) is 14.8. The fourth-order valence-electron chi connectivity index (χ4n) is 0.567. The lowest BCUT2D eigenvalue weighted by Gasteiger charge is -1.88. The van der Waals surface area contributed by atoms with E-state index in [1.807, 2.05) is 6.07 Å². The predicted octanol–water partition coefficient (Wildman–Crippen LogP) is 2.80. The van der Waals surface area contributed by atoms with Crippen LogP contribution in [0.15, 0.2) is 30.3 Å². The van der Waals surface area contributed by atoms with Crippen LogP contribution in [0.3, 0.4) is 0 Å². The van der Waals surface area contributed by atoms with E-state index in [0.29, 0.717) is 0 Å². The van der Waals surface area contributed by atoms with Crippen LogP contribution < -0.4 is 0 Å². The van der Waals surface area contributed by atoms with Crippen molar-refractivity contribution in [2.75, 3.05) is 0 Å². The van der Waals surface area contributed by atoms with Crippen LogP contribution in [0.4, 0.5) is 0 Å². The van der Waals surface area contributed by atoms with Crippen LogP contribution in [-0.2, 0) is 14.0 Å². The number of carboxylic acid groups (broad SMARTS) is 2. The zero-order chi connectivity index (χ0) is 13.0. The molecule has 0 saturated carbocycles. The zero-order valence-corrected chi connectivity index (χ0v) is 11.3. The first-order chi connectivity index (χ1) is 7.40. The van der Waals surface area contributed by atoms with Gasteiger partial charge in [-0.05, 0) is 5.56 Å². The summed E-state index contributed by atoms with van der Waals surface area (Å²) >= 11 is 2.35. The van der Waals surface area contributed by atoms with Gasteiger partial charge in [-0.15, -0.1) is 0 Å². The van der Waals surface area contributed by atoms with Crippen molar-refractivity contribution in [3.8, 4) is 0 Å². The smallest absolute Gasteiger partial charge is 0.300 e. The quantitative estimate of drug-likeness (QED) is 0.610. The Labute approximate surface area is 108 Å². The van der Waals surface area contributed by atoms with E-state index in [1.165, 1.54) is 5.56 Å². The van der Waals surface area contributed by atoms with Gasteiger partial charge in [-0.1, -0.05) is 52.9 Å². The van der Waals surface area contributed by atoms with Crippen LogP contribution >= 0.6 is 22.6 Å². The molecule has 0 atom stereocenters. The standard InChI is InChI=1S/C7H7I.2C2H4O2/c8-6-7-4-2-1-3-5-7;2*1-2(3)4/h1-5H,6H2;2*1H3,(H,3,4). The first-order valence-electron chi connectivity index (χ1n) is 4.39. The molecule has 0 fully saturated rings. The number of alkyl halides is 1. The van der Waals surface area contributed by atoms with E-state index in [9.17, 15) is 0 Å². The van der Waals surface area contributed by atoms with Crippen LogP contribution in [0.1, 0.15) is 19.4 Å². The fourth-order valence-corrected chi connectivity index (χ4v) is 1.08. The normalized spacial score (nSPS) is 7.69. The second kappa shape index (κ2) is 12.0. The summed E-state index contributed by atoms with van der Waals surface area (Å²) in [6.45, 7) is 2.17. The van der Waals surface area contributed by atoms with Crippen molar-refractivity contribution in [1.29, 1.82) is 0 Å². The maximum absolute atomic E-state index is 9.00. The molecule has 0 amide bonds. The van der Waals surface area contributed by atoms with Gasteiger partial charge >= 0.3 is 0 Å². The number of aliphatic carboxylic acids is 2. The predicted molar refractivity (Wildman–Crippen MR) is 70.8 cm³/mol. The number of carbonyl (C=O) groups is 2. The zero-order valence-electron chi connectivity index (χ0n) is 9.18. The molecule has 0 aromatic heterocycles. The van der Waals surface area contributed by atoms with E-state index < -0.39 is 11.9 Å². The maximum Gasteiger partial charge on any atom is 0.300 e. The van der Waals surface area contributed by atoms with Crippen LogP contribution in [0.2, 0.25) is 0 Å². The van der Waals surface area contributed by atoms with E-state index in [0.717, 1.165) is 18.3 Å². The van der Waals surface area contributed by atoms with Gasteiger partial charge in [-0.25, -0.2) is 0 Å². The minimum Gasteiger partial charge on any atom is -0.481 e. The van der Waals surface area contributed by atoms with Crippen molar-refractivity contribution < 1.29 is 19.8 Å². The highest BCUT2D eigenvalue weighted by Crippen LogP contribution is 2.02. The monoisotopic (exact) mass is 338 g/mol. The molecule has 0 aliphatic heterocycles. The number of halogens is 1. The van der Waals surface area contributed by atoms with Gasteiger partial charge in [0.2, 0.25) is 0 Å². The molecule has 0 heterocycles. The summed E-state index contributed by atoms with van der Waals surface area (Å²) < 4.78 is 1.11. The van der Waals surface area contributed by atoms with Crippen molar-refractivity contribution in [2.45, 2.75) is 18.3 Å². The van der Waals surface area contributed by atoms with Crippen molar-refractivity contribution >= 4 is 34.5 Å².